The molecule has 0 bridgehead atoms. The van der Waals surface area contributed by atoms with Crippen LogP contribution < -0.4 is 16.6 Å². The van der Waals surface area contributed by atoms with Gasteiger partial charge in [0, 0.05) is 6.54 Å². The molecule has 2 amide bonds. The van der Waals surface area contributed by atoms with Crippen molar-refractivity contribution < 1.29 is 9.59 Å². The zero-order chi connectivity index (χ0) is 18.9. The molecular formula is C18H24N4O3S. The third-order valence-electron chi connectivity index (χ3n) is 3.85. The minimum Gasteiger partial charge on any atom is -0.368 e. The summed E-state index contributed by atoms with van der Waals surface area (Å²) in [6.07, 6.45) is 4.16. The Morgan fingerprint density at radius 1 is 1.23 bits per heavy atom. The van der Waals surface area contributed by atoms with Crippen LogP contribution in [0.1, 0.15) is 32.6 Å². The highest BCUT2D eigenvalue weighted by Gasteiger charge is 2.13. The van der Waals surface area contributed by atoms with E-state index in [0.29, 0.717) is 22.6 Å². The summed E-state index contributed by atoms with van der Waals surface area (Å²) in [4.78, 5) is 39.9. The maximum Gasteiger partial charge on any atom is 0.262 e. The van der Waals surface area contributed by atoms with Gasteiger partial charge in [0.05, 0.1) is 23.2 Å². The van der Waals surface area contributed by atoms with Crippen molar-refractivity contribution in [1.82, 2.24) is 14.9 Å². The Morgan fingerprint density at radius 3 is 2.73 bits per heavy atom. The van der Waals surface area contributed by atoms with Gasteiger partial charge in [0.25, 0.3) is 5.56 Å². The van der Waals surface area contributed by atoms with E-state index >= 15 is 0 Å². The second-order valence-electron chi connectivity index (χ2n) is 5.96. The Bertz CT molecular complexity index is 835. The molecular weight excluding hydrogens is 352 g/mol. The van der Waals surface area contributed by atoms with E-state index in [2.05, 4.69) is 17.2 Å². The number of nitrogens with two attached hydrogens (primary N) is 1. The molecule has 0 aliphatic rings. The number of aromatic nitrogens is 2. The molecule has 0 fully saturated rings. The Morgan fingerprint density at radius 2 is 2.00 bits per heavy atom. The summed E-state index contributed by atoms with van der Waals surface area (Å²) >= 11 is 1.19. The number of carbonyl (C=O) groups excluding carboxylic acids is 2. The molecule has 0 saturated heterocycles. The van der Waals surface area contributed by atoms with Crippen LogP contribution >= 0.6 is 11.8 Å². The topological polar surface area (TPSA) is 107 Å². The van der Waals surface area contributed by atoms with Gasteiger partial charge in [-0.2, -0.15) is 0 Å². The summed E-state index contributed by atoms with van der Waals surface area (Å²) < 4.78 is 1.64. The Labute approximate surface area is 156 Å². The summed E-state index contributed by atoms with van der Waals surface area (Å²) in [6, 6.07) is 7.20. The van der Waals surface area contributed by atoms with E-state index in [1.807, 2.05) is 12.1 Å². The van der Waals surface area contributed by atoms with E-state index in [0.717, 1.165) is 25.7 Å². The third kappa shape index (κ3) is 5.59. The minimum atomic E-state index is -0.597. The molecule has 2 rings (SSSR count). The van der Waals surface area contributed by atoms with Crippen molar-refractivity contribution in [2.45, 2.75) is 44.3 Å². The highest BCUT2D eigenvalue weighted by molar-refractivity contribution is 7.99. The third-order valence-corrected chi connectivity index (χ3v) is 4.83. The summed E-state index contributed by atoms with van der Waals surface area (Å²) in [5.74, 6) is -0.860. The second-order valence-corrected chi connectivity index (χ2v) is 6.90. The Hall–Kier alpha value is -2.35. The molecule has 140 valence electrons. The van der Waals surface area contributed by atoms with Crippen LogP contribution in [-0.2, 0) is 16.1 Å². The second kappa shape index (κ2) is 9.96. The van der Waals surface area contributed by atoms with E-state index < -0.39 is 5.91 Å². The minimum absolute atomic E-state index is 0.0625. The number of fused-ring (bicyclic) bond motifs is 1. The van der Waals surface area contributed by atoms with E-state index in [9.17, 15) is 14.4 Å². The van der Waals surface area contributed by atoms with Gasteiger partial charge in [-0.25, -0.2) is 4.98 Å². The van der Waals surface area contributed by atoms with Crippen LogP contribution in [0.4, 0.5) is 0 Å². The molecule has 0 atom stereocenters. The monoisotopic (exact) mass is 376 g/mol. The fourth-order valence-electron chi connectivity index (χ4n) is 2.52. The van der Waals surface area contributed by atoms with E-state index in [-0.39, 0.29) is 23.8 Å². The lowest BCUT2D eigenvalue weighted by molar-refractivity contribution is -0.123. The van der Waals surface area contributed by atoms with Gasteiger partial charge in [-0.3, -0.25) is 19.0 Å². The lowest BCUT2D eigenvalue weighted by atomic mass is 10.2. The van der Waals surface area contributed by atoms with Gasteiger partial charge >= 0.3 is 0 Å². The quantitative estimate of drug-likeness (QED) is 0.373. The fraction of sp³-hybridized carbons (Fsp3) is 0.444. The normalized spacial score (nSPS) is 10.8. The number of thioether (sulfide) groups is 1. The van der Waals surface area contributed by atoms with Crippen LogP contribution in [0.15, 0.2) is 34.2 Å². The number of hydrogen-bond donors (Lipinski definition) is 2. The molecule has 0 unspecified atom stereocenters. The van der Waals surface area contributed by atoms with Gasteiger partial charge < -0.3 is 11.1 Å². The molecule has 1 heterocycles. The predicted molar refractivity (Wildman–Crippen MR) is 103 cm³/mol. The van der Waals surface area contributed by atoms with Crippen molar-refractivity contribution in [3.63, 3.8) is 0 Å². The van der Waals surface area contributed by atoms with Gasteiger partial charge in [-0.15, -0.1) is 0 Å². The van der Waals surface area contributed by atoms with Crippen LogP contribution in [0.5, 0.6) is 0 Å². The molecule has 1 aromatic carbocycles. The first-order valence-corrected chi connectivity index (χ1v) is 9.69. The SMILES string of the molecule is CCCCCCn1c(SCC(=O)NCC(N)=O)nc2ccccc2c1=O. The van der Waals surface area contributed by atoms with Crippen molar-refractivity contribution >= 4 is 34.5 Å². The average Bonchev–Trinajstić information content (AvgIpc) is 2.63. The van der Waals surface area contributed by atoms with Gasteiger partial charge in [-0.1, -0.05) is 50.1 Å². The summed E-state index contributed by atoms with van der Waals surface area (Å²) in [6.45, 7) is 2.51. The number of rotatable bonds is 10. The zero-order valence-electron chi connectivity index (χ0n) is 14.9. The zero-order valence-corrected chi connectivity index (χ0v) is 15.7. The lowest BCUT2D eigenvalue weighted by Gasteiger charge is -2.13. The smallest absolute Gasteiger partial charge is 0.262 e. The number of benzene rings is 1. The number of para-hydroxylation sites is 1. The molecule has 0 aliphatic heterocycles. The summed E-state index contributed by atoms with van der Waals surface area (Å²) in [5, 5.41) is 3.52. The number of unbranched alkanes of at least 4 members (excludes halogenated alkanes) is 3. The first-order valence-electron chi connectivity index (χ1n) is 8.70. The number of hydrogen-bond acceptors (Lipinski definition) is 5. The largest absolute Gasteiger partial charge is 0.368 e. The lowest BCUT2D eigenvalue weighted by Crippen LogP contribution is -2.34. The Balaban J connectivity index is 2.20. The highest BCUT2D eigenvalue weighted by atomic mass is 32.2. The molecule has 2 aromatic rings. The van der Waals surface area contributed by atoms with Gasteiger partial charge in [0.1, 0.15) is 0 Å². The predicted octanol–water partition coefficient (Wildman–Crippen LogP) is 1.67. The van der Waals surface area contributed by atoms with Crippen molar-refractivity contribution in [2.75, 3.05) is 12.3 Å². The van der Waals surface area contributed by atoms with Crippen LogP contribution in [0.3, 0.4) is 0 Å². The standard InChI is InChI=1S/C18H24N4O3S/c1-2-3-4-7-10-22-17(25)13-8-5-6-9-14(13)21-18(22)26-12-16(24)20-11-15(19)23/h5-6,8-9H,2-4,7,10-12H2,1H3,(H2,19,23)(H,20,24). The van der Waals surface area contributed by atoms with E-state index in [1.54, 1.807) is 16.7 Å². The molecule has 7 nitrogen and oxygen atoms in total. The number of carbonyl (C=O) groups is 2. The molecule has 0 aliphatic carbocycles. The van der Waals surface area contributed by atoms with Gasteiger partial charge in [0.15, 0.2) is 5.16 Å². The maximum atomic E-state index is 12.8. The van der Waals surface area contributed by atoms with Crippen molar-refractivity contribution in [3.05, 3.63) is 34.6 Å². The van der Waals surface area contributed by atoms with Crippen molar-refractivity contribution in [2.24, 2.45) is 5.73 Å². The summed E-state index contributed by atoms with van der Waals surface area (Å²) in [7, 11) is 0. The van der Waals surface area contributed by atoms with E-state index in [1.165, 1.54) is 11.8 Å². The molecule has 1 aromatic heterocycles. The molecule has 26 heavy (non-hydrogen) atoms. The first kappa shape index (κ1) is 20.0. The maximum absolute atomic E-state index is 12.8. The number of nitrogens with zero attached hydrogens (tertiary/aromatic N) is 2. The van der Waals surface area contributed by atoms with Crippen molar-refractivity contribution in [1.29, 1.82) is 0 Å². The van der Waals surface area contributed by atoms with E-state index in [4.69, 9.17) is 5.73 Å². The van der Waals surface area contributed by atoms with Crippen LogP contribution in [-0.4, -0.2) is 33.7 Å². The molecule has 0 spiro atoms. The van der Waals surface area contributed by atoms with Crippen molar-refractivity contribution in [3.8, 4) is 0 Å². The number of nitrogens with one attached hydrogen (secondary N) is 1. The summed E-state index contributed by atoms with van der Waals surface area (Å²) in [5.41, 5.74) is 5.54. The first-order chi connectivity index (χ1) is 12.5. The molecule has 3 N–H and O–H groups in total. The number of primary amides is 1. The molecule has 8 heteroatoms. The average molecular weight is 376 g/mol. The number of amides is 2. The van der Waals surface area contributed by atoms with Gasteiger partial charge in [0.2, 0.25) is 11.8 Å². The molecule has 0 saturated carbocycles. The highest BCUT2D eigenvalue weighted by Crippen LogP contribution is 2.18. The van der Waals surface area contributed by atoms with Gasteiger partial charge in [-0.05, 0) is 18.6 Å². The van der Waals surface area contributed by atoms with Crippen LogP contribution in [0, 0.1) is 0 Å². The Kier molecular flexibility index (Phi) is 7.65. The van der Waals surface area contributed by atoms with Crippen LogP contribution in [0.25, 0.3) is 10.9 Å². The molecule has 0 radical (unpaired) electrons. The fourth-order valence-corrected chi connectivity index (χ4v) is 3.37. The van der Waals surface area contributed by atoms with Crippen LogP contribution in [0.2, 0.25) is 0 Å².